The lowest BCUT2D eigenvalue weighted by atomic mass is 10.1. The summed E-state index contributed by atoms with van der Waals surface area (Å²) in [7, 11) is -1.51. The molecule has 1 saturated carbocycles. The van der Waals surface area contributed by atoms with E-state index in [4.69, 9.17) is 0 Å². The first-order valence-corrected chi connectivity index (χ1v) is 7.84. The average Bonchev–Trinajstić information content (AvgIpc) is 3.12. The predicted octanol–water partition coefficient (Wildman–Crippen LogP) is 1.41. The van der Waals surface area contributed by atoms with Crippen molar-refractivity contribution in [2.24, 2.45) is 0 Å². The number of benzene rings is 1. The molecule has 5 heteroatoms. The van der Waals surface area contributed by atoms with Gasteiger partial charge in [-0.3, -0.25) is 0 Å². The fourth-order valence-corrected chi connectivity index (χ4v) is 3.60. The molecule has 0 saturated heterocycles. The van der Waals surface area contributed by atoms with E-state index in [0.29, 0.717) is 11.4 Å². The van der Waals surface area contributed by atoms with E-state index in [1.54, 1.807) is 6.07 Å². The van der Waals surface area contributed by atoms with Crippen molar-refractivity contribution in [3.63, 3.8) is 0 Å². The van der Waals surface area contributed by atoms with Gasteiger partial charge in [0.1, 0.15) is 0 Å². The first-order chi connectivity index (χ1) is 8.56. The van der Waals surface area contributed by atoms with Crippen molar-refractivity contribution in [2.75, 3.05) is 7.05 Å². The molecule has 0 bridgehead atoms. The van der Waals surface area contributed by atoms with Crippen LogP contribution in [0.4, 0.5) is 0 Å². The molecule has 0 aliphatic heterocycles. The molecular weight excluding hydrogens is 248 g/mol. The molecule has 2 rings (SSSR count). The summed E-state index contributed by atoms with van der Waals surface area (Å²) in [5.41, 5.74) is 1.87. The van der Waals surface area contributed by atoms with E-state index >= 15 is 0 Å². The van der Waals surface area contributed by atoms with Crippen molar-refractivity contribution >= 4 is 10.0 Å². The molecule has 1 fully saturated rings. The Morgan fingerprint density at radius 3 is 2.61 bits per heavy atom. The molecule has 1 aromatic rings. The zero-order valence-corrected chi connectivity index (χ0v) is 11.7. The summed E-state index contributed by atoms with van der Waals surface area (Å²) in [5, 5.41) is 3.04. The SMILES string of the molecule is CCc1ccc(CNC)cc1S(=O)(=O)NC1CC1. The monoisotopic (exact) mass is 268 g/mol. The number of nitrogens with one attached hydrogen (secondary N) is 2. The van der Waals surface area contributed by atoms with Crippen molar-refractivity contribution in [3.05, 3.63) is 29.3 Å². The van der Waals surface area contributed by atoms with E-state index in [1.165, 1.54) is 0 Å². The van der Waals surface area contributed by atoms with Gasteiger partial charge in [0.2, 0.25) is 10.0 Å². The van der Waals surface area contributed by atoms with Crippen LogP contribution < -0.4 is 10.0 Å². The molecule has 2 N–H and O–H groups in total. The molecule has 0 heterocycles. The van der Waals surface area contributed by atoms with Gasteiger partial charge in [-0.25, -0.2) is 13.1 Å². The van der Waals surface area contributed by atoms with E-state index in [1.807, 2.05) is 26.1 Å². The molecule has 0 atom stereocenters. The summed E-state index contributed by atoms with van der Waals surface area (Å²) in [5.74, 6) is 0. The molecule has 1 aliphatic rings. The van der Waals surface area contributed by atoms with Crippen LogP contribution in [0.1, 0.15) is 30.9 Å². The smallest absolute Gasteiger partial charge is 0.241 e. The molecule has 0 aromatic heterocycles. The quantitative estimate of drug-likeness (QED) is 0.820. The number of rotatable bonds is 6. The number of hydrogen-bond donors (Lipinski definition) is 2. The Morgan fingerprint density at radius 1 is 1.33 bits per heavy atom. The van der Waals surface area contributed by atoms with Crippen LogP contribution in [0.15, 0.2) is 23.1 Å². The van der Waals surface area contributed by atoms with Gasteiger partial charge in [-0.05, 0) is 43.5 Å². The van der Waals surface area contributed by atoms with Crippen molar-refractivity contribution < 1.29 is 8.42 Å². The van der Waals surface area contributed by atoms with Crippen molar-refractivity contribution in [2.45, 2.75) is 43.7 Å². The van der Waals surface area contributed by atoms with Crippen LogP contribution in [-0.2, 0) is 23.0 Å². The highest BCUT2D eigenvalue weighted by atomic mass is 32.2. The van der Waals surface area contributed by atoms with E-state index in [0.717, 1.165) is 30.4 Å². The highest BCUT2D eigenvalue weighted by molar-refractivity contribution is 7.89. The predicted molar refractivity (Wildman–Crippen MR) is 71.9 cm³/mol. The minimum absolute atomic E-state index is 0.146. The zero-order valence-electron chi connectivity index (χ0n) is 10.9. The van der Waals surface area contributed by atoms with Gasteiger partial charge < -0.3 is 5.32 Å². The third kappa shape index (κ3) is 3.10. The van der Waals surface area contributed by atoms with Crippen molar-refractivity contribution in [3.8, 4) is 0 Å². The number of hydrogen-bond acceptors (Lipinski definition) is 3. The van der Waals surface area contributed by atoms with Crippen molar-refractivity contribution in [1.82, 2.24) is 10.0 Å². The maximum absolute atomic E-state index is 12.3. The number of aryl methyl sites for hydroxylation is 1. The van der Waals surface area contributed by atoms with Gasteiger partial charge in [-0.15, -0.1) is 0 Å². The van der Waals surface area contributed by atoms with Crippen molar-refractivity contribution in [1.29, 1.82) is 0 Å². The fourth-order valence-electron chi connectivity index (χ4n) is 1.94. The minimum Gasteiger partial charge on any atom is -0.316 e. The van der Waals surface area contributed by atoms with E-state index in [-0.39, 0.29) is 6.04 Å². The second kappa shape index (κ2) is 5.38. The Labute approximate surface area is 109 Å². The standard InChI is InChI=1S/C13H20N2O2S/c1-3-11-5-4-10(9-14-2)8-13(11)18(16,17)15-12-6-7-12/h4-5,8,12,14-15H,3,6-7,9H2,1-2H3. The van der Waals surface area contributed by atoms with Crippen LogP contribution in [0, 0.1) is 0 Å². The lowest BCUT2D eigenvalue weighted by Gasteiger charge is -2.12. The highest BCUT2D eigenvalue weighted by Crippen LogP contribution is 2.24. The first kappa shape index (κ1) is 13.5. The minimum atomic E-state index is -3.36. The Bertz CT molecular complexity index is 522. The largest absolute Gasteiger partial charge is 0.316 e. The molecule has 100 valence electrons. The molecule has 1 aliphatic carbocycles. The lowest BCUT2D eigenvalue weighted by Crippen LogP contribution is -2.27. The molecular formula is C13H20N2O2S. The van der Waals surface area contributed by atoms with Gasteiger partial charge in [0, 0.05) is 12.6 Å². The maximum atomic E-state index is 12.3. The highest BCUT2D eigenvalue weighted by Gasteiger charge is 2.29. The topological polar surface area (TPSA) is 58.2 Å². The third-order valence-corrected chi connectivity index (χ3v) is 4.68. The van der Waals surface area contributed by atoms with E-state index in [2.05, 4.69) is 10.0 Å². The van der Waals surface area contributed by atoms with Crippen LogP contribution in [0.3, 0.4) is 0 Å². The Balaban J connectivity index is 2.35. The van der Waals surface area contributed by atoms with Gasteiger partial charge in [0.25, 0.3) is 0 Å². The second-order valence-electron chi connectivity index (χ2n) is 4.72. The van der Waals surface area contributed by atoms with Crippen LogP contribution in [-0.4, -0.2) is 21.5 Å². The Hall–Kier alpha value is -0.910. The summed E-state index contributed by atoms with van der Waals surface area (Å²) in [6.07, 6.45) is 2.63. The van der Waals surface area contributed by atoms with Crippen LogP contribution in [0.25, 0.3) is 0 Å². The lowest BCUT2D eigenvalue weighted by molar-refractivity contribution is 0.579. The molecule has 18 heavy (non-hydrogen) atoms. The average molecular weight is 268 g/mol. The fraction of sp³-hybridized carbons (Fsp3) is 0.538. The second-order valence-corrected chi connectivity index (χ2v) is 6.40. The van der Waals surface area contributed by atoms with Crippen LogP contribution in [0.5, 0.6) is 0 Å². The van der Waals surface area contributed by atoms with Crippen LogP contribution >= 0.6 is 0 Å². The number of sulfonamides is 1. The summed E-state index contributed by atoms with van der Waals surface area (Å²) in [6, 6.07) is 5.81. The summed E-state index contributed by atoms with van der Waals surface area (Å²) in [6.45, 7) is 2.65. The first-order valence-electron chi connectivity index (χ1n) is 6.35. The normalized spacial score (nSPS) is 15.9. The van der Waals surface area contributed by atoms with Gasteiger partial charge in [0.15, 0.2) is 0 Å². The summed E-state index contributed by atoms with van der Waals surface area (Å²) in [4.78, 5) is 0.435. The summed E-state index contributed by atoms with van der Waals surface area (Å²) >= 11 is 0. The Morgan fingerprint density at radius 2 is 2.06 bits per heavy atom. The maximum Gasteiger partial charge on any atom is 0.241 e. The summed E-state index contributed by atoms with van der Waals surface area (Å²) < 4.78 is 27.3. The van der Waals surface area contributed by atoms with Gasteiger partial charge in [0.05, 0.1) is 4.90 Å². The van der Waals surface area contributed by atoms with Gasteiger partial charge in [-0.2, -0.15) is 0 Å². The molecule has 0 radical (unpaired) electrons. The Kier molecular flexibility index (Phi) is 4.04. The molecule has 0 unspecified atom stereocenters. The molecule has 1 aromatic carbocycles. The van der Waals surface area contributed by atoms with Gasteiger partial charge in [-0.1, -0.05) is 19.1 Å². The molecule has 4 nitrogen and oxygen atoms in total. The van der Waals surface area contributed by atoms with Crippen LogP contribution in [0.2, 0.25) is 0 Å². The van der Waals surface area contributed by atoms with E-state index < -0.39 is 10.0 Å². The molecule has 0 amide bonds. The molecule has 0 spiro atoms. The van der Waals surface area contributed by atoms with Gasteiger partial charge >= 0.3 is 0 Å². The third-order valence-electron chi connectivity index (χ3n) is 3.08. The van der Waals surface area contributed by atoms with E-state index in [9.17, 15) is 8.42 Å². The zero-order chi connectivity index (χ0) is 13.2.